The molecule has 7 nitrogen and oxygen atoms in total. The van der Waals surface area contributed by atoms with Crippen molar-refractivity contribution in [2.75, 3.05) is 18.1 Å². The summed E-state index contributed by atoms with van der Waals surface area (Å²) in [5.74, 6) is -1.04. The van der Waals surface area contributed by atoms with E-state index >= 15 is 0 Å². The van der Waals surface area contributed by atoms with Gasteiger partial charge in [0.15, 0.2) is 15.5 Å². The third-order valence-electron chi connectivity index (χ3n) is 5.41. The average Bonchev–Trinajstić information content (AvgIpc) is 3.07. The van der Waals surface area contributed by atoms with E-state index in [-0.39, 0.29) is 35.9 Å². The lowest BCUT2D eigenvalue weighted by atomic mass is 10.1. The number of hydrogen-bond acceptors (Lipinski definition) is 5. The molecule has 1 aliphatic rings. The van der Waals surface area contributed by atoms with Crippen molar-refractivity contribution in [1.29, 1.82) is 0 Å². The Balaban J connectivity index is 2.08. The van der Waals surface area contributed by atoms with Gasteiger partial charge in [0, 0.05) is 24.3 Å². The molecule has 1 aromatic carbocycles. The zero-order valence-electron chi connectivity index (χ0n) is 17.7. The van der Waals surface area contributed by atoms with Gasteiger partial charge in [0.1, 0.15) is 0 Å². The number of halogens is 3. The third kappa shape index (κ3) is 5.03. The van der Waals surface area contributed by atoms with Crippen LogP contribution >= 0.6 is 0 Å². The Morgan fingerprint density at radius 2 is 1.97 bits per heavy atom. The summed E-state index contributed by atoms with van der Waals surface area (Å²) in [7, 11) is -3.29. The number of carbonyl (C=O) groups excluding carboxylic acids is 1. The van der Waals surface area contributed by atoms with Gasteiger partial charge >= 0.3 is 6.18 Å². The van der Waals surface area contributed by atoms with Crippen LogP contribution in [0, 0.1) is 6.92 Å². The van der Waals surface area contributed by atoms with Crippen LogP contribution in [0.15, 0.2) is 35.1 Å². The normalized spacial score (nSPS) is 18.0. The molecule has 0 saturated carbocycles. The number of aryl methyl sites for hydroxylation is 1. The fourth-order valence-corrected chi connectivity index (χ4v) is 5.50. The summed E-state index contributed by atoms with van der Waals surface area (Å²) in [6.45, 7) is 3.55. The minimum atomic E-state index is -4.66. The van der Waals surface area contributed by atoms with Gasteiger partial charge in [-0.25, -0.2) is 13.1 Å². The number of rotatable bonds is 6. The number of para-hydroxylation sites is 1. The number of unbranched alkanes of at least 4 members (excludes halogenated alkanes) is 1. The Labute approximate surface area is 183 Å². The van der Waals surface area contributed by atoms with Crippen LogP contribution in [0.4, 0.5) is 13.2 Å². The standard InChI is InChI=1S/C21H24F3N3O4S/c1-3-4-10-26(15-9-11-32(30,31)13-15)20(29)19-18(28)12-14(2)27(25-19)17-8-6-5-7-16(17)21(22,23)24/h5-8,12,15H,3-4,9-11,13H2,1-2H3. The van der Waals surface area contributed by atoms with Crippen LogP contribution in [0.3, 0.4) is 0 Å². The predicted molar refractivity (Wildman–Crippen MR) is 113 cm³/mol. The number of carbonyl (C=O) groups is 1. The SMILES string of the molecule is CCCCN(C(=O)c1nn(-c2ccccc2C(F)(F)F)c(C)cc1=O)C1CCS(=O)(=O)C1. The monoisotopic (exact) mass is 471 g/mol. The molecular weight excluding hydrogens is 447 g/mol. The van der Waals surface area contributed by atoms with Crippen molar-refractivity contribution in [3.63, 3.8) is 0 Å². The number of hydrogen-bond donors (Lipinski definition) is 0. The van der Waals surface area contributed by atoms with Crippen LogP contribution < -0.4 is 5.43 Å². The van der Waals surface area contributed by atoms with E-state index in [1.807, 2.05) is 6.92 Å². The molecule has 1 saturated heterocycles. The molecule has 1 aliphatic heterocycles. The van der Waals surface area contributed by atoms with E-state index in [1.54, 1.807) is 0 Å². The lowest BCUT2D eigenvalue weighted by Crippen LogP contribution is -2.44. The molecule has 0 aliphatic carbocycles. The maximum atomic E-state index is 13.5. The number of amides is 1. The van der Waals surface area contributed by atoms with Crippen molar-refractivity contribution in [2.45, 2.75) is 45.3 Å². The van der Waals surface area contributed by atoms with Crippen LogP contribution in [0.25, 0.3) is 5.69 Å². The molecule has 1 unspecified atom stereocenters. The highest BCUT2D eigenvalue weighted by atomic mass is 32.2. The van der Waals surface area contributed by atoms with Crippen molar-refractivity contribution in [2.24, 2.45) is 0 Å². The average molecular weight is 472 g/mol. The molecule has 11 heteroatoms. The van der Waals surface area contributed by atoms with Gasteiger partial charge in [-0.2, -0.15) is 18.3 Å². The van der Waals surface area contributed by atoms with Gasteiger partial charge in [0.2, 0.25) is 5.43 Å². The summed E-state index contributed by atoms with van der Waals surface area (Å²) in [5, 5.41) is 4.02. The summed E-state index contributed by atoms with van der Waals surface area (Å²) >= 11 is 0. The Bertz CT molecular complexity index is 1180. The molecule has 2 aromatic rings. The predicted octanol–water partition coefficient (Wildman–Crippen LogP) is 2.99. The maximum absolute atomic E-state index is 13.5. The zero-order valence-corrected chi connectivity index (χ0v) is 18.5. The minimum absolute atomic E-state index is 0.0575. The molecule has 1 amide bonds. The number of aromatic nitrogens is 2. The molecule has 2 heterocycles. The van der Waals surface area contributed by atoms with Crippen LogP contribution in [-0.2, 0) is 16.0 Å². The minimum Gasteiger partial charge on any atom is -0.333 e. The Kier molecular flexibility index (Phi) is 6.77. The van der Waals surface area contributed by atoms with Gasteiger partial charge in [-0.3, -0.25) is 9.59 Å². The number of benzene rings is 1. The second kappa shape index (κ2) is 9.05. The molecule has 1 aromatic heterocycles. The van der Waals surface area contributed by atoms with Gasteiger partial charge in [0.25, 0.3) is 5.91 Å². The van der Waals surface area contributed by atoms with Crippen LogP contribution in [0.5, 0.6) is 0 Å². The summed E-state index contributed by atoms with van der Waals surface area (Å²) in [6, 6.07) is 5.22. The molecule has 0 radical (unpaired) electrons. The molecular formula is C21H24F3N3O4S. The van der Waals surface area contributed by atoms with Crippen LogP contribution in [0.2, 0.25) is 0 Å². The first kappa shape index (κ1) is 24.0. The van der Waals surface area contributed by atoms with Gasteiger partial charge < -0.3 is 4.90 Å². The number of alkyl halides is 3. The molecule has 0 spiro atoms. The highest BCUT2D eigenvalue weighted by molar-refractivity contribution is 7.91. The first-order valence-electron chi connectivity index (χ1n) is 10.2. The Morgan fingerprint density at radius 1 is 1.28 bits per heavy atom. The summed E-state index contributed by atoms with van der Waals surface area (Å²) in [6.07, 6.45) is -3.11. The number of sulfone groups is 1. The lowest BCUT2D eigenvalue weighted by Gasteiger charge is -2.28. The summed E-state index contributed by atoms with van der Waals surface area (Å²) in [4.78, 5) is 27.2. The lowest BCUT2D eigenvalue weighted by molar-refractivity contribution is -0.137. The van der Waals surface area contributed by atoms with Crippen LogP contribution in [0.1, 0.15) is 47.9 Å². The van der Waals surface area contributed by atoms with Gasteiger partial charge in [-0.05, 0) is 31.9 Å². The highest BCUT2D eigenvalue weighted by Gasteiger charge is 2.37. The Morgan fingerprint density at radius 3 is 2.56 bits per heavy atom. The van der Waals surface area contributed by atoms with E-state index in [1.165, 1.54) is 30.0 Å². The summed E-state index contributed by atoms with van der Waals surface area (Å²) in [5.41, 5.74) is -2.40. The van der Waals surface area contributed by atoms with Crippen molar-refractivity contribution in [3.05, 3.63) is 57.5 Å². The molecule has 1 atom stereocenters. The maximum Gasteiger partial charge on any atom is 0.418 e. The smallest absolute Gasteiger partial charge is 0.333 e. The number of nitrogens with zero attached hydrogens (tertiary/aromatic N) is 3. The highest BCUT2D eigenvalue weighted by Crippen LogP contribution is 2.33. The van der Waals surface area contributed by atoms with E-state index in [9.17, 15) is 31.2 Å². The zero-order chi connectivity index (χ0) is 23.7. The van der Waals surface area contributed by atoms with E-state index in [0.717, 1.165) is 23.2 Å². The summed E-state index contributed by atoms with van der Waals surface area (Å²) < 4.78 is 65.3. The van der Waals surface area contributed by atoms with Gasteiger partial charge in [-0.1, -0.05) is 25.5 Å². The van der Waals surface area contributed by atoms with Crippen molar-refractivity contribution in [1.82, 2.24) is 14.7 Å². The molecule has 0 bridgehead atoms. The quantitative estimate of drug-likeness (QED) is 0.646. The molecule has 174 valence electrons. The van der Waals surface area contributed by atoms with Crippen molar-refractivity contribution in [3.8, 4) is 5.69 Å². The fraction of sp³-hybridized carbons (Fsp3) is 0.476. The van der Waals surface area contributed by atoms with E-state index in [0.29, 0.717) is 6.42 Å². The largest absolute Gasteiger partial charge is 0.418 e. The van der Waals surface area contributed by atoms with E-state index < -0.39 is 44.6 Å². The van der Waals surface area contributed by atoms with Gasteiger partial charge in [-0.15, -0.1) is 0 Å². The van der Waals surface area contributed by atoms with E-state index in [2.05, 4.69) is 5.10 Å². The second-order valence-corrected chi connectivity index (χ2v) is 10.1. The molecule has 3 rings (SSSR count). The molecule has 32 heavy (non-hydrogen) atoms. The topological polar surface area (TPSA) is 89.3 Å². The first-order chi connectivity index (χ1) is 14.9. The molecule has 0 N–H and O–H groups in total. The molecule has 1 fully saturated rings. The van der Waals surface area contributed by atoms with Crippen molar-refractivity contribution >= 4 is 15.7 Å². The van der Waals surface area contributed by atoms with Gasteiger partial charge in [0.05, 0.1) is 22.8 Å². The first-order valence-corrected chi connectivity index (χ1v) is 12.1. The van der Waals surface area contributed by atoms with Crippen molar-refractivity contribution < 1.29 is 26.4 Å². The second-order valence-electron chi connectivity index (χ2n) is 7.83. The van der Waals surface area contributed by atoms with E-state index in [4.69, 9.17) is 0 Å². The Hall–Kier alpha value is -2.69. The fourth-order valence-electron chi connectivity index (χ4n) is 3.77. The third-order valence-corrected chi connectivity index (χ3v) is 7.16. The van der Waals surface area contributed by atoms with Crippen LogP contribution in [-0.4, -0.2) is 53.1 Å².